The largest absolute Gasteiger partial charge is 0.489 e. The standard InChI is InChI=1S/C26H30N4O4/c1-17(2)15-23(24(31)29-33)30-14-12-26(27,25(30)32)19-8-10-20(11-9-19)34-16-18-5-3-7-22-21(18)6-4-13-28-22/h3-11,13,17,23,33H,12,14-16,27H2,1-2H3,(H,29,31). The Bertz CT molecular complexity index is 1180. The highest BCUT2D eigenvalue weighted by Gasteiger charge is 2.48. The molecule has 34 heavy (non-hydrogen) atoms. The van der Waals surface area contributed by atoms with Crippen LogP contribution in [0.4, 0.5) is 0 Å². The molecule has 1 aliphatic rings. The number of aromatic nitrogens is 1. The Morgan fingerprint density at radius 2 is 1.97 bits per heavy atom. The van der Waals surface area contributed by atoms with Gasteiger partial charge in [-0.05, 0) is 54.2 Å². The van der Waals surface area contributed by atoms with Crippen LogP contribution in [0.5, 0.6) is 5.75 Å². The van der Waals surface area contributed by atoms with Crippen LogP contribution in [0.2, 0.25) is 0 Å². The fourth-order valence-corrected chi connectivity index (χ4v) is 4.53. The molecule has 2 heterocycles. The van der Waals surface area contributed by atoms with E-state index >= 15 is 0 Å². The number of hydrogen-bond acceptors (Lipinski definition) is 6. The number of ether oxygens (including phenoxy) is 1. The van der Waals surface area contributed by atoms with E-state index in [0.29, 0.717) is 37.3 Å². The van der Waals surface area contributed by atoms with Gasteiger partial charge in [-0.15, -0.1) is 0 Å². The van der Waals surface area contributed by atoms with E-state index in [2.05, 4.69) is 4.98 Å². The number of carbonyl (C=O) groups excluding carboxylic acids is 2. The lowest BCUT2D eigenvalue weighted by Gasteiger charge is -2.30. The lowest BCUT2D eigenvalue weighted by Crippen LogP contribution is -2.52. The van der Waals surface area contributed by atoms with E-state index in [1.165, 1.54) is 4.90 Å². The van der Waals surface area contributed by atoms with Crippen molar-refractivity contribution in [2.45, 2.75) is 44.9 Å². The van der Waals surface area contributed by atoms with Crippen LogP contribution in [0, 0.1) is 5.92 Å². The molecule has 3 aromatic rings. The molecule has 178 valence electrons. The third kappa shape index (κ3) is 4.60. The number of nitrogens with zero attached hydrogens (tertiary/aromatic N) is 2. The van der Waals surface area contributed by atoms with Crippen LogP contribution in [0.1, 0.15) is 37.8 Å². The number of likely N-dealkylation sites (tertiary alicyclic amines) is 1. The molecule has 1 saturated heterocycles. The first kappa shape index (κ1) is 23.7. The molecular formula is C26H30N4O4. The van der Waals surface area contributed by atoms with Gasteiger partial charge < -0.3 is 15.4 Å². The van der Waals surface area contributed by atoms with Gasteiger partial charge in [-0.2, -0.15) is 0 Å². The highest BCUT2D eigenvalue weighted by molar-refractivity contribution is 5.94. The lowest BCUT2D eigenvalue weighted by molar-refractivity contribution is -0.144. The zero-order chi connectivity index (χ0) is 24.3. The summed E-state index contributed by atoms with van der Waals surface area (Å²) in [6.45, 7) is 4.65. The van der Waals surface area contributed by atoms with Crippen molar-refractivity contribution >= 4 is 22.7 Å². The quantitative estimate of drug-likeness (QED) is 0.350. The predicted octanol–water partition coefficient (Wildman–Crippen LogP) is 3.12. The second kappa shape index (κ2) is 9.79. The van der Waals surface area contributed by atoms with Crippen molar-refractivity contribution in [3.8, 4) is 5.75 Å². The van der Waals surface area contributed by atoms with Gasteiger partial charge in [0.1, 0.15) is 23.9 Å². The van der Waals surface area contributed by atoms with E-state index in [1.807, 2.05) is 44.2 Å². The smallest absolute Gasteiger partial charge is 0.266 e. The first-order valence-corrected chi connectivity index (χ1v) is 11.4. The molecule has 0 aliphatic carbocycles. The van der Waals surface area contributed by atoms with Crippen molar-refractivity contribution in [2.24, 2.45) is 11.7 Å². The molecule has 4 rings (SSSR count). The van der Waals surface area contributed by atoms with E-state index in [9.17, 15) is 9.59 Å². The zero-order valence-corrected chi connectivity index (χ0v) is 19.4. The molecule has 8 heteroatoms. The van der Waals surface area contributed by atoms with Crippen molar-refractivity contribution in [1.82, 2.24) is 15.4 Å². The van der Waals surface area contributed by atoms with Crippen LogP contribution in [0.3, 0.4) is 0 Å². The Morgan fingerprint density at radius 1 is 1.21 bits per heavy atom. The van der Waals surface area contributed by atoms with Gasteiger partial charge in [-0.25, -0.2) is 5.48 Å². The van der Waals surface area contributed by atoms with Crippen molar-refractivity contribution in [2.75, 3.05) is 6.54 Å². The van der Waals surface area contributed by atoms with Gasteiger partial charge in [-0.1, -0.05) is 44.2 Å². The Hall–Kier alpha value is -3.49. The minimum Gasteiger partial charge on any atom is -0.489 e. The number of fused-ring (bicyclic) bond motifs is 1. The molecule has 1 aliphatic heterocycles. The van der Waals surface area contributed by atoms with Crippen molar-refractivity contribution in [3.05, 3.63) is 71.9 Å². The maximum absolute atomic E-state index is 13.3. The molecule has 0 radical (unpaired) electrons. The van der Waals surface area contributed by atoms with Crippen LogP contribution in [-0.2, 0) is 21.7 Å². The number of nitrogens with one attached hydrogen (secondary N) is 1. The molecule has 2 atom stereocenters. The van der Waals surface area contributed by atoms with Gasteiger partial charge in [0.25, 0.3) is 5.91 Å². The number of hydroxylamine groups is 1. The van der Waals surface area contributed by atoms with Crippen LogP contribution >= 0.6 is 0 Å². The van der Waals surface area contributed by atoms with Crippen molar-refractivity contribution < 1.29 is 19.5 Å². The van der Waals surface area contributed by atoms with Crippen LogP contribution in [0.25, 0.3) is 10.9 Å². The minimum atomic E-state index is -1.23. The summed E-state index contributed by atoms with van der Waals surface area (Å²) < 4.78 is 5.98. The van der Waals surface area contributed by atoms with E-state index in [-0.39, 0.29) is 11.8 Å². The van der Waals surface area contributed by atoms with Gasteiger partial charge in [0.05, 0.1) is 5.52 Å². The van der Waals surface area contributed by atoms with E-state index in [4.69, 9.17) is 15.7 Å². The molecule has 0 saturated carbocycles. The molecule has 8 nitrogen and oxygen atoms in total. The molecule has 0 bridgehead atoms. The Kier molecular flexibility index (Phi) is 6.81. The topological polar surface area (TPSA) is 118 Å². The molecule has 2 unspecified atom stereocenters. The fourth-order valence-electron chi connectivity index (χ4n) is 4.53. The molecule has 0 spiro atoms. The number of rotatable bonds is 8. The van der Waals surface area contributed by atoms with Gasteiger partial charge in [-0.3, -0.25) is 19.8 Å². The first-order valence-electron chi connectivity index (χ1n) is 11.4. The van der Waals surface area contributed by atoms with Gasteiger partial charge in [0.2, 0.25) is 5.91 Å². The van der Waals surface area contributed by atoms with Gasteiger partial charge in [0.15, 0.2) is 0 Å². The third-order valence-electron chi connectivity index (χ3n) is 6.37. The number of carbonyl (C=O) groups is 2. The normalized spacial score (nSPS) is 19.0. The Balaban J connectivity index is 1.47. The third-order valence-corrected chi connectivity index (χ3v) is 6.37. The highest BCUT2D eigenvalue weighted by Crippen LogP contribution is 2.34. The monoisotopic (exact) mass is 462 g/mol. The molecule has 2 amide bonds. The average Bonchev–Trinajstić information content (AvgIpc) is 3.16. The van der Waals surface area contributed by atoms with Crippen LogP contribution in [0.15, 0.2) is 60.8 Å². The molecule has 4 N–H and O–H groups in total. The Labute approximate surface area is 198 Å². The van der Waals surface area contributed by atoms with E-state index < -0.39 is 17.5 Å². The summed E-state index contributed by atoms with van der Waals surface area (Å²) in [6.07, 6.45) is 2.58. The average molecular weight is 463 g/mol. The summed E-state index contributed by atoms with van der Waals surface area (Å²) in [5.74, 6) is -0.0953. The molecule has 2 aromatic carbocycles. The molecule has 1 fully saturated rings. The van der Waals surface area contributed by atoms with E-state index in [0.717, 1.165) is 16.5 Å². The van der Waals surface area contributed by atoms with Crippen LogP contribution in [-0.4, -0.2) is 39.5 Å². The molecule has 1 aromatic heterocycles. The summed E-state index contributed by atoms with van der Waals surface area (Å²) in [7, 11) is 0. The number of pyridine rings is 1. The summed E-state index contributed by atoms with van der Waals surface area (Å²) in [5.41, 5.74) is 9.63. The fraction of sp³-hybridized carbons (Fsp3) is 0.346. The Morgan fingerprint density at radius 3 is 2.68 bits per heavy atom. The zero-order valence-electron chi connectivity index (χ0n) is 19.4. The predicted molar refractivity (Wildman–Crippen MR) is 128 cm³/mol. The number of hydrogen-bond donors (Lipinski definition) is 3. The number of nitrogens with two attached hydrogens (primary N) is 1. The van der Waals surface area contributed by atoms with Crippen molar-refractivity contribution in [1.29, 1.82) is 0 Å². The molecular weight excluding hydrogens is 432 g/mol. The second-order valence-corrected chi connectivity index (χ2v) is 9.14. The first-order chi connectivity index (χ1) is 16.3. The summed E-state index contributed by atoms with van der Waals surface area (Å²) in [6, 6.07) is 16.3. The van der Waals surface area contributed by atoms with Gasteiger partial charge in [0, 0.05) is 18.1 Å². The number of amides is 2. The van der Waals surface area contributed by atoms with E-state index in [1.54, 1.807) is 35.9 Å². The minimum absolute atomic E-state index is 0.164. The van der Waals surface area contributed by atoms with Gasteiger partial charge >= 0.3 is 0 Å². The SMILES string of the molecule is CC(C)CC(C(=O)NO)N1CCC(N)(c2ccc(OCc3cccc4ncccc34)cc2)C1=O. The second-order valence-electron chi connectivity index (χ2n) is 9.14. The summed E-state index contributed by atoms with van der Waals surface area (Å²) >= 11 is 0. The van der Waals surface area contributed by atoms with Crippen LogP contribution < -0.4 is 16.0 Å². The summed E-state index contributed by atoms with van der Waals surface area (Å²) in [5, 5.41) is 10.2. The highest BCUT2D eigenvalue weighted by atomic mass is 16.5. The summed E-state index contributed by atoms with van der Waals surface area (Å²) in [4.78, 5) is 31.4. The maximum Gasteiger partial charge on any atom is 0.266 e. The number of benzene rings is 2. The van der Waals surface area contributed by atoms with Crippen molar-refractivity contribution in [3.63, 3.8) is 0 Å². The maximum atomic E-state index is 13.3. The lowest BCUT2D eigenvalue weighted by atomic mass is 9.89.